The molecular weight excluding hydrogens is 272 g/mol. The molecule has 2 atom stereocenters. The largest absolute Gasteiger partial charge is 0.393 e. The standard InChI is InChI=1S/C15H24N2O2S/c1-3-5-14-17-10(2)13(20-14)9-16-15(19)11-6-4-7-12(18)8-11/h11-12,18H,3-9H2,1-2H3,(H,16,19)/t11-,12+/m0/s1. The number of aliphatic hydroxyl groups excluding tert-OH is 1. The number of hydrogen-bond donors (Lipinski definition) is 2. The number of aryl methyl sites for hydroxylation is 2. The van der Waals surface area contributed by atoms with Gasteiger partial charge in [0.25, 0.3) is 0 Å². The van der Waals surface area contributed by atoms with Crippen LogP contribution < -0.4 is 5.32 Å². The molecule has 1 aliphatic rings. The number of aromatic nitrogens is 1. The van der Waals surface area contributed by atoms with Crippen LogP contribution in [0.1, 0.15) is 54.6 Å². The summed E-state index contributed by atoms with van der Waals surface area (Å²) in [7, 11) is 0. The van der Waals surface area contributed by atoms with E-state index in [1.807, 2.05) is 6.92 Å². The Hall–Kier alpha value is -0.940. The van der Waals surface area contributed by atoms with Gasteiger partial charge in [-0.1, -0.05) is 13.3 Å². The Morgan fingerprint density at radius 2 is 2.30 bits per heavy atom. The van der Waals surface area contributed by atoms with Crippen LogP contribution in [0.25, 0.3) is 0 Å². The summed E-state index contributed by atoms with van der Waals surface area (Å²) < 4.78 is 0. The predicted octanol–water partition coefficient (Wildman–Crippen LogP) is 2.57. The summed E-state index contributed by atoms with van der Waals surface area (Å²) in [5.41, 5.74) is 1.03. The molecule has 1 heterocycles. The van der Waals surface area contributed by atoms with Gasteiger partial charge in [-0.25, -0.2) is 4.98 Å². The van der Waals surface area contributed by atoms with E-state index in [1.165, 1.54) is 0 Å². The molecule has 0 spiro atoms. The highest BCUT2D eigenvalue weighted by molar-refractivity contribution is 7.11. The van der Waals surface area contributed by atoms with Crippen molar-refractivity contribution in [2.45, 2.75) is 65.0 Å². The van der Waals surface area contributed by atoms with Crippen LogP contribution in [-0.4, -0.2) is 22.1 Å². The van der Waals surface area contributed by atoms with Crippen molar-refractivity contribution in [2.75, 3.05) is 0 Å². The second-order valence-corrected chi connectivity index (χ2v) is 6.77. The number of hydrogen-bond acceptors (Lipinski definition) is 4. The summed E-state index contributed by atoms with van der Waals surface area (Å²) in [4.78, 5) is 17.8. The van der Waals surface area contributed by atoms with Crippen LogP contribution in [0.4, 0.5) is 0 Å². The van der Waals surface area contributed by atoms with Crippen LogP contribution in [0.15, 0.2) is 0 Å². The molecule has 1 aliphatic carbocycles. The molecule has 1 fully saturated rings. The zero-order valence-corrected chi connectivity index (χ0v) is 13.1. The number of thiazole rings is 1. The molecule has 0 radical (unpaired) electrons. The maximum absolute atomic E-state index is 12.1. The van der Waals surface area contributed by atoms with Gasteiger partial charge in [-0.3, -0.25) is 4.79 Å². The van der Waals surface area contributed by atoms with Crippen molar-refractivity contribution in [3.05, 3.63) is 15.6 Å². The number of rotatable bonds is 5. The molecule has 112 valence electrons. The lowest BCUT2D eigenvalue weighted by Gasteiger charge is -2.24. The zero-order valence-electron chi connectivity index (χ0n) is 12.3. The Labute approximate surface area is 124 Å². The topological polar surface area (TPSA) is 62.2 Å². The van der Waals surface area contributed by atoms with Crippen LogP contribution in [0.2, 0.25) is 0 Å². The van der Waals surface area contributed by atoms with Gasteiger partial charge >= 0.3 is 0 Å². The van der Waals surface area contributed by atoms with Crippen molar-refractivity contribution < 1.29 is 9.90 Å². The summed E-state index contributed by atoms with van der Waals surface area (Å²) in [6, 6.07) is 0. The van der Waals surface area contributed by atoms with Gasteiger partial charge in [0.2, 0.25) is 5.91 Å². The predicted molar refractivity (Wildman–Crippen MR) is 80.7 cm³/mol. The minimum Gasteiger partial charge on any atom is -0.393 e. The Morgan fingerprint density at radius 3 is 3.00 bits per heavy atom. The van der Waals surface area contributed by atoms with E-state index < -0.39 is 0 Å². The summed E-state index contributed by atoms with van der Waals surface area (Å²) in [6.45, 7) is 4.72. The number of nitrogens with one attached hydrogen (secondary N) is 1. The Balaban J connectivity index is 1.86. The van der Waals surface area contributed by atoms with Crippen LogP contribution in [0.3, 0.4) is 0 Å². The first-order chi connectivity index (χ1) is 9.60. The molecule has 4 nitrogen and oxygen atoms in total. The van der Waals surface area contributed by atoms with Gasteiger partial charge in [0.1, 0.15) is 0 Å². The van der Waals surface area contributed by atoms with E-state index in [2.05, 4.69) is 17.2 Å². The van der Waals surface area contributed by atoms with E-state index in [9.17, 15) is 9.90 Å². The van der Waals surface area contributed by atoms with E-state index >= 15 is 0 Å². The molecule has 0 aromatic carbocycles. The van der Waals surface area contributed by atoms with Gasteiger partial charge < -0.3 is 10.4 Å². The van der Waals surface area contributed by atoms with Crippen molar-refractivity contribution >= 4 is 17.2 Å². The third-order valence-corrected chi connectivity index (χ3v) is 5.06. The fourth-order valence-electron chi connectivity index (χ4n) is 2.69. The molecule has 1 aromatic heterocycles. The van der Waals surface area contributed by atoms with Crippen molar-refractivity contribution in [2.24, 2.45) is 5.92 Å². The second-order valence-electron chi connectivity index (χ2n) is 5.60. The first kappa shape index (κ1) is 15.4. The summed E-state index contributed by atoms with van der Waals surface area (Å²) in [6.07, 6.45) is 5.07. The molecule has 0 bridgehead atoms. The number of amides is 1. The molecule has 0 aliphatic heterocycles. The molecule has 1 aromatic rings. The normalized spacial score (nSPS) is 22.8. The number of carbonyl (C=O) groups is 1. The van der Waals surface area contributed by atoms with E-state index in [4.69, 9.17) is 0 Å². The molecule has 0 saturated heterocycles. The van der Waals surface area contributed by atoms with Crippen LogP contribution >= 0.6 is 11.3 Å². The van der Waals surface area contributed by atoms with E-state index in [1.54, 1.807) is 11.3 Å². The van der Waals surface area contributed by atoms with E-state index in [-0.39, 0.29) is 17.9 Å². The molecule has 2 N–H and O–H groups in total. The Kier molecular flexibility index (Phi) is 5.54. The zero-order chi connectivity index (χ0) is 14.5. The third kappa shape index (κ3) is 4.03. The lowest BCUT2D eigenvalue weighted by molar-refractivity contribution is -0.127. The smallest absolute Gasteiger partial charge is 0.223 e. The lowest BCUT2D eigenvalue weighted by Crippen LogP contribution is -2.34. The first-order valence-corrected chi connectivity index (χ1v) is 8.32. The maximum Gasteiger partial charge on any atom is 0.223 e. The molecule has 20 heavy (non-hydrogen) atoms. The Bertz CT molecular complexity index is 459. The molecular formula is C15H24N2O2S. The third-order valence-electron chi connectivity index (χ3n) is 3.84. The molecule has 0 unspecified atom stereocenters. The van der Waals surface area contributed by atoms with Gasteiger partial charge in [-0.05, 0) is 39.0 Å². The molecule has 2 rings (SSSR count). The highest BCUT2D eigenvalue weighted by Gasteiger charge is 2.26. The highest BCUT2D eigenvalue weighted by Crippen LogP contribution is 2.25. The average molecular weight is 296 g/mol. The minimum absolute atomic E-state index is 0.0258. The van der Waals surface area contributed by atoms with Crippen LogP contribution in [0, 0.1) is 12.8 Å². The van der Waals surface area contributed by atoms with Gasteiger partial charge in [0.05, 0.1) is 23.4 Å². The molecule has 1 saturated carbocycles. The van der Waals surface area contributed by atoms with Gasteiger partial charge in [-0.15, -0.1) is 11.3 Å². The van der Waals surface area contributed by atoms with Crippen LogP contribution in [0.5, 0.6) is 0 Å². The summed E-state index contributed by atoms with van der Waals surface area (Å²) >= 11 is 1.70. The summed E-state index contributed by atoms with van der Waals surface area (Å²) in [5, 5.41) is 13.8. The fourth-order valence-corrected chi connectivity index (χ4v) is 3.80. The highest BCUT2D eigenvalue weighted by atomic mass is 32.1. The quantitative estimate of drug-likeness (QED) is 0.878. The van der Waals surface area contributed by atoms with Crippen LogP contribution in [-0.2, 0) is 17.8 Å². The molecule has 5 heteroatoms. The number of nitrogens with zero attached hydrogens (tertiary/aromatic N) is 1. The number of aliphatic hydroxyl groups is 1. The Morgan fingerprint density at radius 1 is 1.50 bits per heavy atom. The van der Waals surface area contributed by atoms with Crippen molar-refractivity contribution in [1.29, 1.82) is 0 Å². The van der Waals surface area contributed by atoms with Crippen molar-refractivity contribution in [1.82, 2.24) is 10.3 Å². The van der Waals surface area contributed by atoms with Crippen molar-refractivity contribution in [3.63, 3.8) is 0 Å². The first-order valence-electron chi connectivity index (χ1n) is 7.51. The van der Waals surface area contributed by atoms with E-state index in [0.717, 1.165) is 47.7 Å². The second kappa shape index (κ2) is 7.18. The average Bonchev–Trinajstić information content (AvgIpc) is 2.77. The van der Waals surface area contributed by atoms with Gasteiger partial charge in [0.15, 0.2) is 0 Å². The SMILES string of the molecule is CCCc1nc(C)c(CNC(=O)[C@H]2CCC[C@@H](O)C2)s1. The number of carbonyl (C=O) groups excluding carboxylic acids is 1. The van der Waals surface area contributed by atoms with Gasteiger partial charge in [-0.2, -0.15) is 0 Å². The molecule has 1 amide bonds. The van der Waals surface area contributed by atoms with E-state index in [0.29, 0.717) is 13.0 Å². The fraction of sp³-hybridized carbons (Fsp3) is 0.733. The van der Waals surface area contributed by atoms with Gasteiger partial charge in [0, 0.05) is 10.8 Å². The summed E-state index contributed by atoms with van der Waals surface area (Å²) in [5.74, 6) is 0.0516. The monoisotopic (exact) mass is 296 g/mol. The maximum atomic E-state index is 12.1. The van der Waals surface area contributed by atoms with Crippen molar-refractivity contribution in [3.8, 4) is 0 Å². The lowest BCUT2D eigenvalue weighted by atomic mass is 9.87. The minimum atomic E-state index is -0.305.